The first-order chi connectivity index (χ1) is 5.61. The Morgan fingerprint density at radius 1 is 1.33 bits per heavy atom. The van der Waals surface area contributed by atoms with E-state index in [0.29, 0.717) is 6.42 Å². The number of hydrogen-bond acceptors (Lipinski definition) is 4. The Balaban J connectivity index is 2.21. The van der Waals surface area contributed by atoms with Crippen LogP contribution in [0, 0.1) is 0 Å². The highest BCUT2D eigenvalue weighted by atomic mass is 16.3. The second-order valence-electron chi connectivity index (χ2n) is 3.38. The second-order valence-corrected chi connectivity index (χ2v) is 3.38. The van der Waals surface area contributed by atoms with Crippen LogP contribution in [0.4, 0.5) is 0 Å². The number of aliphatic hydroxyl groups excluding tert-OH is 3. The SMILES string of the molecule is O=C1[C@H](O)[C@@H](O)[C@@H]2C[C@H](O)CN12. The van der Waals surface area contributed by atoms with Gasteiger partial charge in [0.05, 0.1) is 12.1 Å². The average Bonchev–Trinajstić information content (AvgIpc) is 2.49. The van der Waals surface area contributed by atoms with Gasteiger partial charge in [-0.05, 0) is 6.42 Å². The van der Waals surface area contributed by atoms with Crippen LogP contribution in [0.25, 0.3) is 0 Å². The number of carbonyl (C=O) groups excluding carboxylic acids is 1. The molecule has 4 atom stereocenters. The fourth-order valence-corrected chi connectivity index (χ4v) is 1.95. The third kappa shape index (κ3) is 0.872. The Bertz CT molecular complexity index is 219. The molecule has 2 heterocycles. The van der Waals surface area contributed by atoms with Crippen LogP contribution in [0.5, 0.6) is 0 Å². The lowest BCUT2D eigenvalue weighted by molar-refractivity contribution is -0.136. The van der Waals surface area contributed by atoms with Crippen molar-refractivity contribution in [1.82, 2.24) is 4.90 Å². The first-order valence-electron chi connectivity index (χ1n) is 3.96. The molecule has 0 aliphatic carbocycles. The van der Waals surface area contributed by atoms with Crippen molar-refractivity contribution in [2.75, 3.05) is 6.54 Å². The van der Waals surface area contributed by atoms with Gasteiger partial charge < -0.3 is 20.2 Å². The molecule has 0 saturated carbocycles. The standard InChI is InChI=1S/C7H11NO4/c9-3-1-4-5(10)6(11)7(12)8(4)2-3/h3-6,9-11H,1-2H2/t3-,4-,5-,6+/m0/s1. The fourth-order valence-electron chi connectivity index (χ4n) is 1.95. The van der Waals surface area contributed by atoms with E-state index >= 15 is 0 Å². The summed E-state index contributed by atoms with van der Waals surface area (Å²) in [6.45, 7) is 0.234. The Morgan fingerprint density at radius 2 is 2.00 bits per heavy atom. The number of nitrogens with zero attached hydrogens (tertiary/aromatic N) is 1. The van der Waals surface area contributed by atoms with E-state index in [0.717, 1.165) is 0 Å². The predicted molar refractivity (Wildman–Crippen MR) is 38.1 cm³/mol. The van der Waals surface area contributed by atoms with Crippen molar-refractivity contribution in [3.8, 4) is 0 Å². The lowest BCUT2D eigenvalue weighted by atomic mass is 10.1. The maximum atomic E-state index is 11.1. The Kier molecular flexibility index (Phi) is 1.61. The van der Waals surface area contributed by atoms with Gasteiger partial charge >= 0.3 is 0 Å². The third-order valence-electron chi connectivity index (χ3n) is 2.58. The molecule has 2 aliphatic heterocycles. The number of amides is 1. The number of fused-ring (bicyclic) bond motifs is 1. The zero-order valence-corrected chi connectivity index (χ0v) is 6.42. The van der Waals surface area contributed by atoms with E-state index in [2.05, 4.69) is 0 Å². The Hall–Kier alpha value is -0.650. The minimum absolute atomic E-state index is 0.234. The molecule has 2 saturated heterocycles. The minimum Gasteiger partial charge on any atom is -0.391 e. The highest BCUT2D eigenvalue weighted by Crippen LogP contribution is 2.29. The molecule has 0 aromatic carbocycles. The highest BCUT2D eigenvalue weighted by Gasteiger charge is 2.50. The molecule has 3 N–H and O–H groups in total. The first kappa shape index (κ1) is 7.97. The molecule has 2 aliphatic rings. The molecule has 0 bridgehead atoms. The smallest absolute Gasteiger partial charge is 0.254 e. The summed E-state index contributed by atoms with van der Waals surface area (Å²) in [6.07, 6.45) is -2.51. The van der Waals surface area contributed by atoms with Gasteiger partial charge in [-0.1, -0.05) is 0 Å². The monoisotopic (exact) mass is 173 g/mol. The van der Waals surface area contributed by atoms with Gasteiger partial charge in [0.2, 0.25) is 0 Å². The molecule has 2 rings (SSSR count). The lowest BCUT2D eigenvalue weighted by Gasteiger charge is -2.14. The molecule has 0 unspecified atom stereocenters. The fraction of sp³-hybridized carbons (Fsp3) is 0.857. The van der Waals surface area contributed by atoms with E-state index in [1.807, 2.05) is 0 Å². The van der Waals surface area contributed by atoms with Crippen molar-refractivity contribution < 1.29 is 20.1 Å². The first-order valence-corrected chi connectivity index (χ1v) is 3.96. The van der Waals surface area contributed by atoms with E-state index in [9.17, 15) is 15.0 Å². The molecular formula is C7H11NO4. The van der Waals surface area contributed by atoms with Crippen LogP contribution in [-0.2, 0) is 4.79 Å². The highest BCUT2D eigenvalue weighted by molar-refractivity contribution is 5.84. The second kappa shape index (κ2) is 2.42. The molecule has 5 nitrogen and oxygen atoms in total. The zero-order valence-electron chi connectivity index (χ0n) is 6.42. The van der Waals surface area contributed by atoms with Crippen molar-refractivity contribution in [3.05, 3.63) is 0 Å². The minimum atomic E-state index is -1.29. The topological polar surface area (TPSA) is 81.0 Å². The van der Waals surface area contributed by atoms with E-state index in [1.165, 1.54) is 4.90 Å². The van der Waals surface area contributed by atoms with Crippen molar-refractivity contribution in [1.29, 1.82) is 0 Å². The summed E-state index contributed by atoms with van der Waals surface area (Å²) in [6, 6.07) is -0.387. The summed E-state index contributed by atoms with van der Waals surface area (Å²) in [5.41, 5.74) is 0. The molecule has 2 fully saturated rings. The zero-order chi connectivity index (χ0) is 8.88. The molecule has 1 amide bonds. The van der Waals surface area contributed by atoms with Crippen LogP contribution < -0.4 is 0 Å². The molecule has 0 aromatic heterocycles. The Labute approximate surface area is 69.2 Å². The van der Waals surface area contributed by atoms with Gasteiger partial charge in [0.25, 0.3) is 5.91 Å². The maximum Gasteiger partial charge on any atom is 0.254 e. The van der Waals surface area contributed by atoms with Crippen molar-refractivity contribution in [3.63, 3.8) is 0 Å². The van der Waals surface area contributed by atoms with Gasteiger partial charge in [0, 0.05) is 6.54 Å². The van der Waals surface area contributed by atoms with Crippen LogP contribution in [0.2, 0.25) is 0 Å². The predicted octanol–water partition coefficient (Wildman–Crippen LogP) is -2.32. The van der Waals surface area contributed by atoms with Crippen LogP contribution in [0.3, 0.4) is 0 Å². The number of aliphatic hydroxyl groups is 3. The van der Waals surface area contributed by atoms with Crippen LogP contribution in [0.15, 0.2) is 0 Å². The van der Waals surface area contributed by atoms with Gasteiger partial charge in [-0.2, -0.15) is 0 Å². The molecule has 0 radical (unpaired) electrons. The molecule has 5 heteroatoms. The van der Waals surface area contributed by atoms with Crippen LogP contribution >= 0.6 is 0 Å². The number of hydrogen-bond donors (Lipinski definition) is 3. The van der Waals surface area contributed by atoms with Crippen LogP contribution in [0.1, 0.15) is 6.42 Å². The molecule has 0 spiro atoms. The van der Waals surface area contributed by atoms with Crippen molar-refractivity contribution in [2.45, 2.75) is 30.8 Å². The summed E-state index contributed by atoms with van der Waals surface area (Å²) in [7, 11) is 0. The van der Waals surface area contributed by atoms with Gasteiger partial charge in [0.15, 0.2) is 6.10 Å². The summed E-state index contributed by atoms with van der Waals surface area (Å²) < 4.78 is 0. The lowest BCUT2D eigenvalue weighted by Crippen LogP contribution is -2.32. The summed E-state index contributed by atoms with van der Waals surface area (Å²) in [4.78, 5) is 12.5. The summed E-state index contributed by atoms with van der Waals surface area (Å²) in [5, 5.41) is 27.6. The Morgan fingerprint density at radius 3 is 2.58 bits per heavy atom. The van der Waals surface area contributed by atoms with E-state index in [1.54, 1.807) is 0 Å². The maximum absolute atomic E-state index is 11.1. The van der Waals surface area contributed by atoms with E-state index in [-0.39, 0.29) is 12.6 Å². The molecule has 68 valence electrons. The average molecular weight is 173 g/mol. The molecular weight excluding hydrogens is 162 g/mol. The number of carbonyl (C=O) groups is 1. The van der Waals surface area contributed by atoms with Crippen molar-refractivity contribution in [2.24, 2.45) is 0 Å². The quantitative estimate of drug-likeness (QED) is 0.384. The van der Waals surface area contributed by atoms with E-state index in [4.69, 9.17) is 5.11 Å². The summed E-state index contributed by atoms with van der Waals surface area (Å²) >= 11 is 0. The number of rotatable bonds is 0. The summed E-state index contributed by atoms with van der Waals surface area (Å²) in [5.74, 6) is -0.468. The van der Waals surface area contributed by atoms with Crippen LogP contribution in [-0.4, -0.2) is 57.0 Å². The molecule has 0 aromatic rings. The van der Waals surface area contributed by atoms with Gasteiger partial charge in [-0.3, -0.25) is 4.79 Å². The largest absolute Gasteiger partial charge is 0.391 e. The van der Waals surface area contributed by atoms with Gasteiger partial charge in [-0.15, -0.1) is 0 Å². The normalized spacial score (nSPS) is 46.9. The van der Waals surface area contributed by atoms with Gasteiger partial charge in [0.1, 0.15) is 6.10 Å². The third-order valence-corrected chi connectivity index (χ3v) is 2.58. The molecule has 12 heavy (non-hydrogen) atoms. The van der Waals surface area contributed by atoms with Crippen molar-refractivity contribution >= 4 is 5.91 Å². The van der Waals surface area contributed by atoms with E-state index < -0.39 is 24.2 Å². The van der Waals surface area contributed by atoms with Gasteiger partial charge in [-0.25, -0.2) is 0 Å².